The lowest BCUT2D eigenvalue weighted by atomic mass is 9.86. The number of ketones is 1. The van der Waals surface area contributed by atoms with Gasteiger partial charge in [0.2, 0.25) is 11.4 Å². The molecule has 1 N–H and O–H groups in total. The van der Waals surface area contributed by atoms with Gasteiger partial charge in [0.1, 0.15) is 0 Å². The van der Waals surface area contributed by atoms with Crippen molar-refractivity contribution in [2.24, 2.45) is 0 Å². The van der Waals surface area contributed by atoms with Crippen LogP contribution in [0.1, 0.15) is 32.9 Å². The van der Waals surface area contributed by atoms with Crippen LogP contribution in [0.5, 0.6) is 0 Å². The lowest BCUT2D eigenvalue weighted by Crippen LogP contribution is -2.39. The summed E-state index contributed by atoms with van der Waals surface area (Å²) in [5.74, 6) is -1.25. The number of Topliss-reactive ketones (excluding diaryl/α,β-unsaturated/α-hetero) is 1. The molecule has 0 saturated heterocycles. The molecular formula is C25H22N2O4S. The van der Waals surface area contributed by atoms with E-state index in [1.807, 2.05) is 23.8 Å². The van der Waals surface area contributed by atoms with Crippen LogP contribution in [-0.4, -0.2) is 33.0 Å². The molecule has 0 unspecified atom stereocenters. The van der Waals surface area contributed by atoms with E-state index < -0.39 is 18.2 Å². The second-order valence-corrected chi connectivity index (χ2v) is 8.25. The molecule has 0 aliphatic heterocycles. The molecule has 2 heterocycles. The predicted octanol–water partition coefficient (Wildman–Crippen LogP) is 4.21. The summed E-state index contributed by atoms with van der Waals surface area (Å²) in [6, 6.07) is 18.9. The molecule has 162 valence electrons. The highest BCUT2D eigenvalue weighted by Crippen LogP contribution is 2.31. The fraction of sp³-hybridized carbons (Fsp3) is 0.160. The molecule has 32 heavy (non-hydrogen) atoms. The van der Waals surface area contributed by atoms with Crippen LogP contribution >= 0.6 is 11.3 Å². The van der Waals surface area contributed by atoms with E-state index in [0.29, 0.717) is 16.7 Å². The number of aryl methyl sites for hydroxylation is 1. The van der Waals surface area contributed by atoms with Gasteiger partial charge < -0.3 is 9.84 Å². The van der Waals surface area contributed by atoms with Crippen molar-refractivity contribution in [1.29, 1.82) is 0 Å². The van der Waals surface area contributed by atoms with Crippen LogP contribution in [0.15, 0.2) is 78.3 Å². The third-order valence-electron chi connectivity index (χ3n) is 5.36. The summed E-state index contributed by atoms with van der Waals surface area (Å²) in [6.07, 6.45) is 1.70. The van der Waals surface area contributed by atoms with Gasteiger partial charge in [0, 0.05) is 28.5 Å². The van der Waals surface area contributed by atoms with Gasteiger partial charge in [0.25, 0.3) is 0 Å². The highest BCUT2D eigenvalue weighted by atomic mass is 32.1. The normalized spacial score (nSPS) is 11.3. The maximum Gasteiger partial charge on any atom is 0.348 e. The van der Waals surface area contributed by atoms with Crippen LogP contribution in [0, 0.1) is 13.8 Å². The van der Waals surface area contributed by atoms with Crippen molar-refractivity contribution in [3.8, 4) is 5.13 Å². The number of benzene rings is 2. The number of hydrogen-bond donors (Lipinski definition) is 1. The van der Waals surface area contributed by atoms with Crippen molar-refractivity contribution in [3.05, 3.63) is 106 Å². The number of carbonyl (C=O) groups is 2. The van der Waals surface area contributed by atoms with E-state index >= 15 is 0 Å². The monoisotopic (exact) mass is 446 g/mol. The Morgan fingerprint density at radius 3 is 2.16 bits per heavy atom. The average molecular weight is 447 g/mol. The minimum absolute atomic E-state index is 0.349. The Labute approximate surface area is 189 Å². The fourth-order valence-electron chi connectivity index (χ4n) is 3.74. The molecule has 0 bridgehead atoms. The van der Waals surface area contributed by atoms with Crippen LogP contribution in [-0.2, 0) is 15.1 Å². The fourth-order valence-corrected chi connectivity index (χ4v) is 4.49. The quantitative estimate of drug-likeness (QED) is 0.340. The molecule has 0 aliphatic carbocycles. The Morgan fingerprint density at radius 1 is 1.03 bits per heavy atom. The van der Waals surface area contributed by atoms with Gasteiger partial charge in [-0.2, -0.15) is 0 Å². The first-order valence-corrected chi connectivity index (χ1v) is 10.9. The number of aromatic nitrogens is 2. The molecule has 0 aliphatic rings. The first-order chi connectivity index (χ1) is 15.4. The van der Waals surface area contributed by atoms with Gasteiger partial charge in [-0.3, -0.25) is 9.36 Å². The number of carbonyl (C=O) groups excluding carboxylic acids is 2. The van der Waals surface area contributed by atoms with Crippen LogP contribution in [0.4, 0.5) is 0 Å². The van der Waals surface area contributed by atoms with Crippen molar-refractivity contribution in [3.63, 3.8) is 0 Å². The smallest absolute Gasteiger partial charge is 0.348 e. The first-order valence-electron chi connectivity index (χ1n) is 10.1. The molecule has 0 saturated carbocycles. The van der Waals surface area contributed by atoms with E-state index in [2.05, 4.69) is 4.98 Å². The van der Waals surface area contributed by atoms with Gasteiger partial charge in [-0.15, -0.1) is 11.3 Å². The number of aliphatic hydroxyl groups is 1. The highest BCUT2D eigenvalue weighted by Gasteiger charge is 2.42. The molecule has 7 heteroatoms. The molecule has 0 spiro atoms. The maximum atomic E-state index is 13.1. The second-order valence-electron chi connectivity index (χ2n) is 7.38. The Kier molecular flexibility index (Phi) is 6.03. The SMILES string of the molecule is Cc1cc(C(=O)COC(=O)C(O)(c2ccccc2)c2ccccc2)c(C)n1-c1nccs1. The summed E-state index contributed by atoms with van der Waals surface area (Å²) in [7, 11) is 0. The third-order valence-corrected chi connectivity index (χ3v) is 6.11. The van der Waals surface area contributed by atoms with E-state index in [4.69, 9.17) is 4.74 Å². The van der Waals surface area contributed by atoms with Crippen molar-refractivity contribution < 1.29 is 19.4 Å². The van der Waals surface area contributed by atoms with Gasteiger partial charge in [-0.1, -0.05) is 60.7 Å². The van der Waals surface area contributed by atoms with Gasteiger partial charge in [0.15, 0.2) is 11.7 Å². The van der Waals surface area contributed by atoms with Crippen molar-refractivity contribution in [1.82, 2.24) is 9.55 Å². The van der Waals surface area contributed by atoms with Gasteiger partial charge >= 0.3 is 5.97 Å². The molecule has 4 rings (SSSR count). The van der Waals surface area contributed by atoms with E-state index in [1.165, 1.54) is 11.3 Å². The Bertz CT molecular complexity index is 1190. The molecule has 2 aromatic carbocycles. The summed E-state index contributed by atoms with van der Waals surface area (Å²) in [6.45, 7) is 3.23. The Balaban J connectivity index is 1.58. The van der Waals surface area contributed by atoms with Crippen LogP contribution in [0.2, 0.25) is 0 Å². The third kappa shape index (κ3) is 3.88. The Hall–Kier alpha value is -3.55. The molecular weight excluding hydrogens is 424 g/mol. The molecule has 0 amide bonds. The zero-order valence-electron chi connectivity index (χ0n) is 17.7. The van der Waals surface area contributed by atoms with Crippen LogP contribution < -0.4 is 0 Å². The molecule has 2 aromatic heterocycles. The lowest BCUT2D eigenvalue weighted by molar-refractivity contribution is -0.160. The van der Waals surface area contributed by atoms with Gasteiger partial charge in [-0.05, 0) is 31.0 Å². The highest BCUT2D eigenvalue weighted by molar-refractivity contribution is 7.12. The predicted molar refractivity (Wildman–Crippen MR) is 122 cm³/mol. The van der Waals surface area contributed by atoms with Crippen LogP contribution in [0.3, 0.4) is 0 Å². The van der Waals surface area contributed by atoms with E-state index in [-0.39, 0.29) is 5.78 Å². The number of ether oxygens (including phenoxy) is 1. The summed E-state index contributed by atoms with van der Waals surface area (Å²) in [5, 5.41) is 14.1. The minimum atomic E-state index is -2.03. The minimum Gasteiger partial charge on any atom is -0.455 e. The van der Waals surface area contributed by atoms with E-state index in [9.17, 15) is 14.7 Å². The Morgan fingerprint density at radius 2 is 1.62 bits per heavy atom. The maximum absolute atomic E-state index is 13.1. The van der Waals surface area contributed by atoms with Crippen molar-refractivity contribution in [2.75, 3.05) is 6.61 Å². The molecule has 0 atom stereocenters. The first kappa shape index (κ1) is 21.7. The number of rotatable bonds is 7. The largest absolute Gasteiger partial charge is 0.455 e. The summed E-state index contributed by atoms with van der Waals surface area (Å²) in [4.78, 5) is 30.3. The van der Waals surface area contributed by atoms with Gasteiger partial charge in [-0.25, -0.2) is 9.78 Å². The summed E-state index contributed by atoms with van der Waals surface area (Å²) < 4.78 is 7.26. The number of hydrogen-bond acceptors (Lipinski definition) is 6. The zero-order chi connectivity index (χ0) is 22.7. The van der Waals surface area contributed by atoms with Crippen LogP contribution in [0.25, 0.3) is 5.13 Å². The molecule has 6 nitrogen and oxygen atoms in total. The van der Waals surface area contributed by atoms with E-state index in [1.54, 1.807) is 72.9 Å². The number of esters is 1. The second kappa shape index (κ2) is 8.90. The molecule has 4 aromatic rings. The average Bonchev–Trinajstić information content (AvgIpc) is 3.45. The van der Waals surface area contributed by atoms with Crippen molar-refractivity contribution >= 4 is 23.1 Å². The zero-order valence-corrected chi connectivity index (χ0v) is 18.5. The van der Waals surface area contributed by atoms with Crippen molar-refractivity contribution in [2.45, 2.75) is 19.4 Å². The summed E-state index contributed by atoms with van der Waals surface area (Å²) >= 11 is 1.47. The van der Waals surface area contributed by atoms with Gasteiger partial charge in [0.05, 0.1) is 0 Å². The number of thiazole rings is 1. The standard InChI is InChI=1S/C25H22N2O4S/c1-17-15-21(18(2)27(17)24-26-13-14-32-24)22(28)16-31-23(29)25(30,19-9-5-3-6-10-19)20-11-7-4-8-12-20/h3-15,30H,16H2,1-2H3. The van der Waals surface area contributed by atoms with E-state index in [0.717, 1.165) is 16.5 Å². The number of nitrogens with zero attached hydrogens (tertiary/aromatic N) is 2. The topological polar surface area (TPSA) is 81.4 Å². The molecule has 0 fully saturated rings. The summed E-state index contributed by atoms with van der Waals surface area (Å²) in [5.41, 5.74) is 0.738. The molecule has 0 radical (unpaired) electrons. The lowest BCUT2D eigenvalue weighted by Gasteiger charge is -2.26.